The standard InChI is InChI=1S/C20H24N2O2/c1-16-14-22(19(15-24-16)17-8-3-2-4-9-17)20(23)12-7-11-18-10-5-6-13-21-18/h2-6,8-10,13,16,19H,7,11-12,14-15H2,1H3/t16-,19+/m1/s1. The minimum atomic E-state index is 0.0183. The zero-order valence-corrected chi connectivity index (χ0v) is 14.1. The maximum absolute atomic E-state index is 12.8. The van der Waals surface area contributed by atoms with Gasteiger partial charge in [-0.2, -0.15) is 0 Å². The van der Waals surface area contributed by atoms with E-state index in [1.807, 2.05) is 48.2 Å². The number of carbonyl (C=O) groups excluding carboxylic acids is 1. The van der Waals surface area contributed by atoms with Crippen LogP contribution in [0.1, 0.15) is 37.1 Å². The van der Waals surface area contributed by atoms with E-state index < -0.39 is 0 Å². The van der Waals surface area contributed by atoms with Gasteiger partial charge in [0.25, 0.3) is 0 Å². The van der Waals surface area contributed by atoms with Gasteiger partial charge >= 0.3 is 0 Å². The van der Waals surface area contributed by atoms with E-state index >= 15 is 0 Å². The second-order valence-electron chi connectivity index (χ2n) is 6.29. The minimum absolute atomic E-state index is 0.0183. The first kappa shape index (κ1) is 16.7. The summed E-state index contributed by atoms with van der Waals surface area (Å²) in [7, 11) is 0. The van der Waals surface area contributed by atoms with Gasteiger partial charge in [0.15, 0.2) is 0 Å². The van der Waals surface area contributed by atoms with E-state index in [2.05, 4.69) is 17.1 Å². The number of hydrogen-bond acceptors (Lipinski definition) is 3. The van der Waals surface area contributed by atoms with Gasteiger partial charge in [0.2, 0.25) is 5.91 Å². The minimum Gasteiger partial charge on any atom is -0.374 e. The van der Waals surface area contributed by atoms with Gasteiger partial charge < -0.3 is 9.64 Å². The quantitative estimate of drug-likeness (QED) is 0.846. The van der Waals surface area contributed by atoms with E-state index in [9.17, 15) is 4.79 Å². The zero-order valence-electron chi connectivity index (χ0n) is 14.1. The van der Waals surface area contributed by atoms with Crippen LogP contribution in [0.3, 0.4) is 0 Å². The topological polar surface area (TPSA) is 42.4 Å². The Morgan fingerprint density at radius 2 is 2.00 bits per heavy atom. The Balaban J connectivity index is 1.62. The zero-order chi connectivity index (χ0) is 16.8. The van der Waals surface area contributed by atoms with Crippen molar-refractivity contribution in [3.63, 3.8) is 0 Å². The predicted octanol–water partition coefficient (Wildman–Crippen LogP) is 3.39. The molecule has 3 rings (SSSR count). The summed E-state index contributed by atoms with van der Waals surface area (Å²) in [6.07, 6.45) is 4.09. The molecule has 2 atom stereocenters. The normalized spacial score (nSPS) is 20.8. The molecule has 1 amide bonds. The van der Waals surface area contributed by atoms with Crippen LogP contribution in [0.5, 0.6) is 0 Å². The maximum atomic E-state index is 12.8. The lowest BCUT2D eigenvalue weighted by atomic mass is 10.0. The third-order valence-electron chi connectivity index (χ3n) is 4.42. The number of rotatable bonds is 5. The molecule has 1 aromatic carbocycles. The Morgan fingerprint density at radius 3 is 2.75 bits per heavy atom. The number of morpholine rings is 1. The van der Waals surface area contributed by atoms with Crippen molar-refractivity contribution in [2.45, 2.75) is 38.3 Å². The third-order valence-corrected chi connectivity index (χ3v) is 4.42. The van der Waals surface area contributed by atoms with Crippen molar-refractivity contribution in [3.8, 4) is 0 Å². The summed E-state index contributed by atoms with van der Waals surface area (Å²) in [6, 6.07) is 16.1. The van der Waals surface area contributed by atoms with Crippen LogP contribution in [0.2, 0.25) is 0 Å². The number of amides is 1. The first-order valence-electron chi connectivity index (χ1n) is 8.60. The predicted molar refractivity (Wildman–Crippen MR) is 93.5 cm³/mol. The van der Waals surface area contributed by atoms with Crippen LogP contribution in [0.15, 0.2) is 54.7 Å². The molecule has 0 radical (unpaired) electrons. The molecule has 126 valence electrons. The van der Waals surface area contributed by atoms with E-state index in [0.717, 1.165) is 24.1 Å². The molecule has 2 aromatic rings. The average Bonchev–Trinajstić information content (AvgIpc) is 2.63. The molecule has 24 heavy (non-hydrogen) atoms. The van der Waals surface area contributed by atoms with Crippen molar-refractivity contribution in [2.24, 2.45) is 0 Å². The van der Waals surface area contributed by atoms with Crippen molar-refractivity contribution in [3.05, 3.63) is 66.0 Å². The molecular weight excluding hydrogens is 300 g/mol. The van der Waals surface area contributed by atoms with E-state index in [1.165, 1.54) is 0 Å². The summed E-state index contributed by atoms with van der Waals surface area (Å²) in [5, 5.41) is 0. The number of ether oxygens (including phenoxy) is 1. The molecule has 1 aliphatic heterocycles. The summed E-state index contributed by atoms with van der Waals surface area (Å²) in [5.41, 5.74) is 2.18. The number of aromatic nitrogens is 1. The van der Waals surface area contributed by atoms with Crippen LogP contribution in [0.25, 0.3) is 0 Å². The van der Waals surface area contributed by atoms with Crippen LogP contribution < -0.4 is 0 Å². The molecule has 2 heterocycles. The van der Waals surface area contributed by atoms with Gasteiger partial charge in [0.05, 0.1) is 18.8 Å². The van der Waals surface area contributed by atoms with E-state index in [-0.39, 0.29) is 18.1 Å². The molecule has 0 N–H and O–H groups in total. The molecule has 1 aromatic heterocycles. The van der Waals surface area contributed by atoms with E-state index in [0.29, 0.717) is 19.6 Å². The lowest BCUT2D eigenvalue weighted by Gasteiger charge is -2.39. The molecule has 4 heteroatoms. The molecule has 0 saturated carbocycles. The van der Waals surface area contributed by atoms with E-state index in [1.54, 1.807) is 6.20 Å². The smallest absolute Gasteiger partial charge is 0.223 e. The van der Waals surface area contributed by atoms with Crippen molar-refractivity contribution in [1.82, 2.24) is 9.88 Å². The number of pyridine rings is 1. The first-order chi connectivity index (χ1) is 11.7. The monoisotopic (exact) mass is 324 g/mol. The van der Waals surface area contributed by atoms with Crippen LogP contribution in [0, 0.1) is 0 Å². The van der Waals surface area contributed by atoms with Gasteiger partial charge in [-0.25, -0.2) is 0 Å². The highest BCUT2D eigenvalue weighted by Gasteiger charge is 2.31. The van der Waals surface area contributed by atoms with Gasteiger partial charge in [-0.05, 0) is 37.5 Å². The fourth-order valence-electron chi connectivity index (χ4n) is 3.14. The van der Waals surface area contributed by atoms with Crippen LogP contribution in [0.4, 0.5) is 0 Å². The second kappa shape index (κ2) is 8.06. The largest absolute Gasteiger partial charge is 0.374 e. The Morgan fingerprint density at radius 1 is 1.21 bits per heavy atom. The number of aryl methyl sites for hydroxylation is 1. The number of carbonyl (C=O) groups is 1. The van der Waals surface area contributed by atoms with Crippen molar-refractivity contribution < 1.29 is 9.53 Å². The fraction of sp³-hybridized carbons (Fsp3) is 0.400. The lowest BCUT2D eigenvalue weighted by Crippen LogP contribution is -2.46. The number of hydrogen-bond donors (Lipinski definition) is 0. The molecule has 0 unspecified atom stereocenters. The van der Waals surface area contributed by atoms with Crippen LogP contribution in [-0.2, 0) is 16.0 Å². The molecule has 1 aliphatic rings. The number of benzene rings is 1. The highest BCUT2D eigenvalue weighted by atomic mass is 16.5. The molecule has 0 bridgehead atoms. The molecular formula is C20H24N2O2. The Kier molecular flexibility index (Phi) is 5.59. The molecule has 1 saturated heterocycles. The van der Waals surface area contributed by atoms with Gasteiger partial charge in [-0.3, -0.25) is 9.78 Å². The number of nitrogens with zero attached hydrogens (tertiary/aromatic N) is 2. The Bertz CT molecular complexity index is 645. The summed E-state index contributed by atoms with van der Waals surface area (Å²) in [6.45, 7) is 3.24. The summed E-state index contributed by atoms with van der Waals surface area (Å²) < 4.78 is 5.80. The SMILES string of the molecule is C[C@@H]1CN(C(=O)CCCc2ccccn2)[C@H](c2ccccc2)CO1. The summed E-state index contributed by atoms with van der Waals surface area (Å²) in [5.74, 6) is 0.204. The van der Waals surface area contributed by atoms with Crippen molar-refractivity contribution in [1.29, 1.82) is 0 Å². The van der Waals surface area contributed by atoms with Gasteiger partial charge in [0.1, 0.15) is 0 Å². The molecule has 1 fully saturated rings. The Hall–Kier alpha value is -2.20. The van der Waals surface area contributed by atoms with Gasteiger partial charge in [-0.1, -0.05) is 36.4 Å². The molecule has 0 spiro atoms. The maximum Gasteiger partial charge on any atom is 0.223 e. The first-order valence-corrected chi connectivity index (χ1v) is 8.60. The highest BCUT2D eigenvalue weighted by molar-refractivity contribution is 5.77. The van der Waals surface area contributed by atoms with Gasteiger partial charge in [-0.15, -0.1) is 0 Å². The second-order valence-corrected chi connectivity index (χ2v) is 6.29. The molecule has 4 nitrogen and oxygen atoms in total. The third kappa shape index (κ3) is 4.20. The average molecular weight is 324 g/mol. The van der Waals surface area contributed by atoms with Crippen molar-refractivity contribution in [2.75, 3.05) is 13.2 Å². The van der Waals surface area contributed by atoms with E-state index in [4.69, 9.17) is 4.74 Å². The summed E-state index contributed by atoms with van der Waals surface area (Å²) in [4.78, 5) is 19.1. The van der Waals surface area contributed by atoms with Crippen molar-refractivity contribution >= 4 is 5.91 Å². The summed E-state index contributed by atoms with van der Waals surface area (Å²) >= 11 is 0. The highest BCUT2D eigenvalue weighted by Crippen LogP contribution is 2.27. The lowest BCUT2D eigenvalue weighted by molar-refractivity contribution is -0.144. The molecule has 0 aliphatic carbocycles. The fourth-order valence-corrected chi connectivity index (χ4v) is 3.14. The van der Waals surface area contributed by atoms with Gasteiger partial charge in [0, 0.05) is 24.9 Å². The van der Waals surface area contributed by atoms with Crippen LogP contribution >= 0.6 is 0 Å². The Labute approximate surface area is 143 Å². The van der Waals surface area contributed by atoms with Crippen LogP contribution in [-0.4, -0.2) is 35.0 Å².